The van der Waals surface area contributed by atoms with Crippen molar-refractivity contribution in [3.63, 3.8) is 0 Å². The molecule has 0 radical (unpaired) electrons. The first-order chi connectivity index (χ1) is 23.1. The summed E-state index contributed by atoms with van der Waals surface area (Å²) in [4.78, 5) is 2.42. The summed E-state index contributed by atoms with van der Waals surface area (Å²) in [5.41, 5.74) is 15.4. The summed E-state index contributed by atoms with van der Waals surface area (Å²) in [6.45, 7) is 6.37. The largest absolute Gasteiger partial charge is 0.310 e. The lowest BCUT2D eigenvalue weighted by Gasteiger charge is -2.45. The maximum Gasteiger partial charge on any atom is 0.0754 e. The highest BCUT2D eigenvalue weighted by Gasteiger charge is 2.51. The third-order valence-electron chi connectivity index (χ3n) is 9.19. The third kappa shape index (κ3) is 5.45. The number of benzene rings is 7. The number of rotatable bonds is 1. The van der Waals surface area contributed by atoms with E-state index in [0.29, 0.717) is 0 Å². The minimum atomic E-state index is -0.337. The van der Waals surface area contributed by atoms with Crippen LogP contribution in [0.25, 0.3) is 11.1 Å². The Morgan fingerprint density at radius 1 is 0.340 bits per heavy atom. The first-order valence-electron chi connectivity index (χ1n) is 16.4. The third-order valence-corrected chi connectivity index (χ3v) is 9.19. The minimum absolute atomic E-state index is 0.337. The fourth-order valence-corrected chi connectivity index (χ4v) is 7.14. The number of fused-ring (bicyclic) bond motifs is 9. The van der Waals surface area contributed by atoms with Crippen molar-refractivity contribution in [2.24, 2.45) is 0 Å². The van der Waals surface area contributed by atoms with E-state index >= 15 is 0 Å². The Labute approximate surface area is 279 Å². The van der Waals surface area contributed by atoms with Gasteiger partial charge in [0.1, 0.15) is 0 Å². The molecule has 1 aliphatic heterocycles. The number of hydrogen-bond donors (Lipinski definition) is 0. The first-order valence-corrected chi connectivity index (χ1v) is 16.4. The van der Waals surface area contributed by atoms with Crippen molar-refractivity contribution < 1.29 is 0 Å². The van der Waals surface area contributed by atoms with E-state index in [9.17, 15) is 0 Å². The highest BCUT2D eigenvalue weighted by Crippen LogP contribution is 2.63. The van der Waals surface area contributed by atoms with Gasteiger partial charge >= 0.3 is 0 Å². The molecule has 0 atom stereocenters. The molecular formula is C46H39N. The molecule has 0 amide bonds. The van der Waals surface area contributed by atoms with Crippen molar-refractivity contribution in [1.29, 1.82) is 0 Å². The normalized spacial score (nSPS) is 12.7. The van der Waals surface area contributed by atoms with E-state index in [4.69, 9.17) is 0 Å². The zero-order chi connectivity index (χ0) is 32.2. The molecule has 2 aliphatic rings. The smallest absolute Gasteiger partial charge is 0.0754 e. The Bertz CT molecular complexity index is 2030. The standard InChI is InChI=1S/C32H23N.2C7H8/c1-22-19-20-25-24-13-5-6-14-26(24)32(29(25)21-22)27-15-7-9-17-30(27)33(23-11-3-2-4-12-23)31-18-10-8-16-28(31)32;2*1-7-5-3-2-4-6-7/h2-21H,1H3;2*2-6H,1H3. The van der Waals surface area contributed by atoms with Gasteiger partial charge in [0.15, 0.2) is 0 Å². The topological polar surface area (TPSA) is 3.24 Å². The van der Waals surface area contributed by atoms with E-state index in [-0.39, 0.29) is 5.41 Å². The van der Waals surface area contributed by atoms with Crippen molar-refractivity contribution in [1.82, 2.24) is 0 Å². The molecule has 1 heterocycles. The number of anilines is 3. The molecule has 47 heavy (non-hydrogen) atoms. The van der Waals surface area contributed by atoms with Gasteiger partial charge in [-0.15, -0.1) is 0 Å². The fourth-order valence-electron chi connectivity index (χ4n) is 7.14. The second-order valence-corrected chi connectivity index (χ2v) is 12.4. The second-order valence-electron chi connectivity index (χ2n) is 12.4. The zero-order valence-corrected chi connectivity index (χ0v) is 27.3. The van der Waals surface area contributed by atoms with Crippen LogP contribution in [-0.4, -0.2) is 0 Å². The van der Waals surface area contributed by atoms with Crippen LogP contribution in [-0.2, 0) is 5.41 Å². The van der Waals surface area contributed by atoms with Gasteiger partial charge in [-0.25, -0.2) is 0 Å². The van der Waals surface area contributed by atoms with E-state index in [1.54, 1.807) is 0 Å². The highest BCUT2D eigenvalue weighted by atomic mass is 15.2. The average molecular weight is 606 g/mol. The SMILES string of the molecule is Cc1ccc2c(c1)C1(c3ccccc3-2)c2ccccc2N(c2ccccc2)c2ccccc21.Cc1ccccc1.Cc1ccccc1. The molecule has 9 rings (SSSR count). The predicted molar refractivity (Wildman–Crippen MR) is 199 cm³/mol. The summed E-state index contributed by atoms with van der Waals surface area (Å²) in [7, 11) is 0. The molecule has 1 nitrogen and oxygen atoms in total. The summed E-state index contributed by atoms with van der Waals surface area (Å²) in [6.07, 6.45) is 0. The quantitative estimate of drug-likeness (QED) is 0.180. The van der Waals surface area contributed by atoms with Gasteiger partial charge in [0.2, 0.25) is 0 Å². The maximum atomic E-state index is 2.42. The van der Waals surface area contributed by atoms with E-state index < -0.39 is 0 Å². The van der Waals surface area contributed by atoms with Crippen LogP contribution in [0.1, 0.15) is 38.9 Å². The Morgan fingerprint density at radius 3 is 1.28 bits per heavy atom. The van der Waals surface area contributed by atoms with Crippen molar-refractivity contribution in [2.75, 3.05) is 4.90 Å². The summed E-state index contributed by atoms with van der Waals surface area (Å²) in [5, 5.41) is 0. The number of para-hydroxylation sites is 3. The van der Waals surface area contributed by atoms with Crippen LogP contribution in [0.2, 0.25) is 0 Å². The van der Waals surface area contributed by atoms with E-state index in [1.165, 1.54) is 67.1 Å². The zero-order valence-electron chi connectivity index (χ0n) is 27.3. The summed E-state index contributed by atoms with van der Waals surface area (Å²) in [5.74, 6) is 0. The second kappa shape index (κ2) is 13.0. The molecule has 0 saturated heterocycles. The van der Waals surface area contributed by atoms with Crippen LogP contribution < -0.4 is 4.90 Å². The Balaban J connectivity index is 0.000000208. The van der Waals surface area contributed by atoms with Crippen molar-refractivity contribution in [3.05, 3.63) is 221 Å². The lowest BCUT2D eigenvalue weighted by Crippen LogP contribution is -2.36. The van der Waals surface area contributed by atoms with Crippen molar-refractivity contribution in [3.8, 4) is 11.1 Å². The number of aryl methyl sites for hydroxylation is 3. The Morgan fingerprint density at radius 2 is 0.766 bits per heavy atom. The highest BCUT2D eigenvalue weighted by molar-refractivity contribution is 5.95. The monoisotopic (exact) mass is 605 g/mol. The molecule has 0 aromatic heterocycles. The first kappa shape index (κ1) is 30.0. The predicted octanol–water partition coefficient (Wildman–Crippen LogP) is 12.1. The number of hydrogen-bond acceptors (Lipinski definition) is 1. The minimum Gasteiger partial charge on any atom is -0.310 e. The maximum absolute atomic E-state index is 2.42. The van der Waals surface area contributed by atoms with E-state index in [1.807, 2.05) is 36.4 Å². The van der Waals surface area contributed by atoms with Crippen LogP contribution in [0.4, 0.5) is 17.1 Å². The molecule has 228 valence electrons. The van der Waals surface area contributed by atoms with Crippen LogP contribution in [0.3, 0.4) is 0 Å². The lowest BCUT2D eigenvalue weighted by atomic mass is 9.64. The summed E-state index contributed by atoms with van der Waals surface area (Å²) < 4.78 is 0. The molecule has 0 bridgehead atoms. The molecule has 0 unspecified atom stereocenters. The summed E-state index contributed by atoms with van der Waals surface area (Å²) in [6, 6.07) is 65.1. The van der Waals surface area contributed by atoms with E-state index in [2.05, 4.69) is 171 Å². The molecule has 7 aromatic rings. The average Bonchev–Trinajstić information content (AvgIpc) is 3.40. The fraction of sp³-hybridized carbons (Fsp3) is 0.0870. The van der Waals surface area contributed by atoms with Crippen LogP contribution in [0, 0.1) is 20.8 Å². The molecular weight excluding hydrogens is 567 g/mol. The van der Waals surface area contributed by atoms with Gasteiger partial charge in [0, 0.05) is 5.69 Å². The van der Waals surface area contributed by atoms with Crippen LogP contribution in [0.5, 0.6) is 0 Å². The Hall–Kier alpha value is -5.66. The molecule has 0 fully saturated rings. The van der Waals surface area contributed by atoms with Gasteiger partial charge in [-0.3, -0.25) is 0 Å². The lowest BCUT2D eigenvalue weighted by molar-refractivity contribution is 0.752. The number of nitrogens with zero attached hydrogens (tertiary/aromatic N) is 1. The molecule has 1 aliphatic carbocycles. The van der Waals surface area contributed by atoms with Crippen LogP contribution in [0.15, 0.2) is 182 Å². The molecule has 1 heteroatoms. The van der Waals surface area contributed by atoms with Gasteiger partial charge in [-0.1, -0.05) is 174 Å². The summed E-state index contributed by atoms with van der Waals surface area (Å²) >= 11 is 0. The van der Waals surface area contributed by atoms with Gasteiger partial charge in [-0.2, -0.15) is 0 Å². The van der Waals surface area contributed by atoms with Crippen LogP contribution >= 0.6 is 0 Å². The van der Waals surface area contributed by atoms with Gasteiger partial charge in [0.05, 0.1) is 16.8 Å². The molecule has 1 spiro atoms. The molecule has 0 saturated carbocycles. The van der Waals surface area contributed by atoms with Crippen molar-refractivity contribution in [2.45, 2.75) is 26.2 Å². The molecule has 0 N–H and O–H groups in total. The van der Waals surface area contributed by atoms with Gasteiger partial charge in [-0.05, 0) is 78.4 Å². The van der Waals surface area contributed by atoms with Gasteiger partial charge in [0.25, 0.3) is 0 Å². The Kier molecular flexibility index (Phi) is 8.29. The molecule has 7 aromatic carbocycles. The van der Waals surface area contributed by atoms with Gasteiger partial charge < -0.3 is 4.90 Å². The van der Waals surface area contributed by atoms with E-state index in [0.717, 1.165) is 0 Å². The van der Waals surface area contributed by atoms with Crippen molar-refractivity contribution >= 4 is 17.1 Å².